The highest BCUT2D eigenvalue weighted by Crippen LogP contribution is 2.23. The zero-order valence-electron chi connectivity index (χ0n) is 9.84. The first-order chi connectivity index (χ1) is 8.29. The van der Waals surface area contributed by atoms with Gasteiger partial charge in [0.05, 0.1) is 16.7 Å². The fraction of sp³-hybridized carbons (Fsp3) is 0.231. The fourth-order valence-electron chi connectivity index (χ4n) is 1.95. The van der Waals surface area contributed by atoms with Crippen LogP contribution in [0.4, 0.5) is 0 Å². The molecule has 17 heavy (non-hydrogen) atoms. The van der Waals surface area contributed by atoms with E-state index in [4.69, 9.17) is 0 Å². The quantitative estimate of drug-likeness (QED) is 0.691. The summed E-state index contributed by atoms with van der Waals surface area (Å²) in [7, 11) is 0. The van der Waals surface area contributed by atoms with E-state index >= 15 is 0 Å². The van der Waals surface area contributed by atoms with Gasteiger partial charge in [-0.1, -0.05) is 19.1 Å². The molecule has 0 aliphatic rings. The highest BCUT2D eigenvalue weighted by atomic mass is 32.1. The summed E-state index contributed by atoms with van der Waals surface area (Å²) in [6.07, 6.45) is 0.974. The second-order valence-corrected chi connectivity index (χ2v) is 4.79. The minimum absolute atomic E-state index is 0.974. The van der Waals surface area contributed by atoms with Crippen molar-refractivity contribution in [1.82, 2.24) is 14.5 Å². The van der Waals surface area contributed by atoms with Crippen LogP contribution in [-0.4, -0.2) is 14.5 Å². The van der Waals surface area contributed by atoms with Crippen LogP contribution in [0.15, 0.2) is 29.6 Å². The van der Waals surface area contributed by atoms with Crippen molar-refractivity contribution in [3.63, 3.8) is 0 Å². The molecule has 3 aromatic rings. The van der Waals surface area contributed by atoms with Crippen LogP contribution in [0.25, 0.3) is 16.2 Å². The minimum atomic E-state index is 0.974. The van der Waals surface area contributed by atoms with Crippen LogP contribution in [0.3, 0.4) is 0 Å². The Hall–Kier alpha value is -1.68. The second-order valence-electron chi connectivity index (χ2n) is 3.96. The van der Waals surface area contributed by atoms with E-state index in [1.54, 1.807) is 11.3 Å². The van der Waals surface area contributed by atoms with Gasteiger partial charge in [0, 0.05) is 5.38 Å². The lowest BCUT2D eigenvalue weighted by atomic mass is 10.3. The van der Waals surface area contributed by atoms with Crippen molar-refractivity contribution in [2.75, 3.05) is 0 Å². The number of imidazole rings is 1. The van der Waals surface area contributed by atoms with E-state index in [1.165, 1.54) is 0 Å². The number of aryl methyl sites for hydroxylation is 2. The van der Waals surface area contributed by atoms with E-state index in [0.717, 1.165) is 34.1 Å². The summed E-state index contributed by atoms with van der Waals surface area (Å²) >= 11 is 1.67. The monoisotopic (exact) mass is 243 g/mol. The van der Waals surface area contributed by atoms with Crippen molar-refractivity contribution in [2.24, 2.45) is 0 Å². The standard InChI is InChI=1S/C13H13N3S/c1-3-10-8-17-13(15-10)16-9(2)14-11-6-4-5-7-12(11)16/h4-8H,3H2,1-2H3. The summed E-state index contributed by atoms with van der Waals surface area (Å²) in [5.74, 6) is 0.989. The zero-order chi connectivity index (χ0) is 11.8. The lowest BCUT2D eigenvalue weighted by molar-refractivity contribution is 0.958. The molecule has 0 fully saturated rings. The maximum atomic E-state index is 4.62. The minimum Gasteiger partial charge on any atom is -0.272 e. The number of thiazole rings is 1. The summed E-state index contributed by atoms with van der Waals surface area (Å²) in [5, 5.41) is 3.12. The maximum absolute atomic E-state index is 4.62. The fourth-order valence-corrected chi connectivity index (χ4v) is 2.92. The van der Waals surface area contributed by atoms with Gasteiger partial charge in [-0.2, -0.15) is 0 Å². The van der Waals surface area contributed by atoms with Gasteiger partial charge in [0.1, 0.15) is 5.82 Å². The van der Waals surface area contributed by atoms with Gasteiger partial charge in [0.15, 0.2) is 5.13 Å². The topological polar surface area (TPSA) is 30.7 Å². The Balaban J connectivity index is 2.25. The zero-order valence-corrected chi connectivity index (χ0v) is 10.7. The van der Waals surface area contributed by atoms with Crippen LogP contribution < -0.4 is 0 Å². The smallest absolute Gasteiger partial charge is 0.195 e. The second kappa shape index (κ2) is 3.96. The predicted molar refractivity (Wildman–Crippen MR) is 70.9 cm³/mol. The number of para-hydroxylation sites is 2. The van der Waals surface area contributed by atoms with Gasteiger partial charge in [0.2, 0.25) is 0 Å². The molecule has 0 aliphatic carbocycles. The van der Waals surface area contributed by atoms with Crippen molar-refractivity contribution in [1.29, 1.82) is 0 Å². The average molecular weight is 243 g/mol. The molecule has 2 aromatic heterocycles. The molecule has 3 nitrogen and oxygen atoms in total. The molecule has 4 heteroatoms. The van der Waals surface area contributed by atoms with E-state index < -0.39 is 0 Å². The Bertz CT molecular complexity index is 666. The molecular weight excluding hydrogens is 230 g/mol. The van der Waals surface area contributed by atoms with Crippen LogP contribution in [0.1, 0.15) is 18.4 Å². The van der Waals surface area contributed by atoms with Crippen LogP contribution >= 0.6 is 11.3 Å². The number of hydrogen-bond donors (Lipinski definition) is 0. The summed E-state index contributed by atoms with van der Waals surface area (Å²) in [4.78, 5) is 9.18. The average Bonchev–Trinajstić information content (AvgIpc) is 2.91. The molecule has 3 rings (SSSR count). The molecule has 0 spiro atoms. The highest BCUT2D eigenvalue weighted by molar-refractivity contribution is 7.12. The molecule has 0 saturated carbocycles. The van der Waals surface area contributed by atoms with E-state index in [1.807, 2.05) is 25.1 Å². The third-order valence-corrected chi connectivity index (χ3v) is 3.70. The number of aromatic nitrogens is 3. The molecule has 0 amide bonds. The molecule has 0 atom stereocenters. The summed E-state index contributed by atoms with van der Waals surface area (Å²) in [6, 6.07) is 8.17. The van der Waals surface area contributed by atoms with E-state index in [9.17, 15) is 0 Å². The van der Waals surface area contributed by atoms with Crippen molar-refractivity contribution in [3.05, 3.63) is 41.2 Å². The lowest BCUT2D eigenvalue weighted by Crippen LogP contribution is -1.96. The Morgan fingerprint density at radius 3 is 2.82 bits per heavy atom. The number of benzene rings is 1. The number of fused-ring (bicyclic) bond motifs is 1. The SMILES string of the molecule is CCc1csc(-n2c(C)nc3ccccc32)n1. The third-order valence-electron chi connectivity index (χ3n) is 2.82. The molecule has 0 radical (unpaired) electrons. The molecule has 1 aromatic carbocycles. The third kappa shape index (κ3) is 1.65. The molecule has 2 heterocycles. The molecule has 0 aliphatic heterocycles. The van der Waals surface area contributed by atoms with Crippen molar-refractivity contribution in [3.8, 4) is 5.13 Å². The Morgan fingerprint density at radius 2 is 2.06 bits per heavy atom. The molecule has 0 unspecified atom stereocenters. The molecular formula is C13H13N3S. The first-order valence-electron chi connectivity index (χ1n) is 5.68. The summed E-state index contributed by atoms with van der Waals surface area (Å²) in [6.45, 7) is 4.14. The van der Waals surface area contributed by atoms with Gasteiger partial charge < -0.3 is 0 Å². The Morgan fingerprint density at radius 1 is 1.24 bits per heavy atom. The molecule has 0 N–H and O–H groups in total. The van der Waals surface area contributed by atoms with Gasteiger partial charge in [0.25, 0.3) is 0 Å². The van der Waals surface area contributed by atoms with Gasteiger partial charge in [-0.15, -0.1) is 11.3 Å². The van der Waals surface area contributed by atoms with Crippen molar-refractivity contribution in [2.45, 2.75) is 20.3 Å². The van der Waals surface area contributed by atoms with Crippen LogP contribution in [0.5, 0.6) is 0 Å². The van der Waals surface area contributed by atoms with Gasteiger partial charge in [-0.3, -0.25) is 4.57 Å². The van der Waals surface area contributed by atoms with Crippen LogP contribution in [-0.2, 0) is 6.42 Å². The first kappa shape index (κ1) is 10.5. The van der Waals surface area contributed by atoms with E-state index in [-0.39, 0.29) is 0 Å². The van der Waals surface area contributed by atoms with Crippen LogP contribution in [0, 0.1) is 6.92 Å². The Labute approximate surface area is 104 Å². The molecule has 0 bridgehead atoms. The van der Waals surface area contributed by atoms with Crippen molar-refractivity contribution < 1.29 is 0 Å². The largest absolute Gasteiger partial charge is 0.272 e. The van der Waals surface area contributed by atoms with E-state index in [0.29, 0.717) is 0 Å². The number of hydrogen-bond acceptors (Lipinski definition) is 3. The van der Waals surface area contributed by atoms with Crippen molar-refractivity contribution >= 4 is 22.4 Å². The van der Waals surface area contributed by atoms with Gasteiger partial charge in [-0.05, 0) is 25.5 Å². The maximum Gasteiger partial charge on any atom is 0.195 e. The van der Waals surface area contributed by atoms with Gasteiger partial charge in [-0.25, -0.2) is 9.97 Å². The predicted octanol–water partition coefficient (Wildman–Crippen LogP) is 3.35. The summed E-state index contributed by atoms with van der Waals surface area (Å²) in [5.41, 5.74) is 3.29. The van der Waals surface area contributed by atoms with Gasteiger partial charge >= 0.3 is 0 Å². The van der Waals surface area contributed by atoms with E-state index in [2.05, 4.69) is 32.9 Å². The normalized spacial score (nSPS) is 11.2. The molecule has 86 valence electrons. The number of rotatable bonds is 2. The lowest BCUT2D eigenvalue weighted by Gasteiger charge is -2.01. The molecule has 0 saturated heterocycles. The highest BCUT2D eigenvalue weighted by Gasteiger charge is 2.11. The van der Waals surface area contributed by atoms with Crippen LogP contribution in [0.2, 0.25) is 0 Å². The first-order valence-corrected chi connectivity index (χ1v) is 6.56. The number of nitrogens with zero attached hydrogens (tertiary/aromatic N) is 3. The Kier molecular flexibility index (Phi) is 2.44. The summed E-state index contributed by atoms with van der Waals surface area (Å²) < 4.78 is 2.12.